The van der Waals surface area contributed by atoms with E-state index in [9.17, 15) is 4.79 Å². The first-order chi connectivity index (χ1) is 9.65. The van der Waals surface area contributed by atoms with E-state index < -0.39 is 0 Å². The van der Waals surface area contributed by atoms with Crippen LogP contribution >= 0.6 is 27.5 Å². The molecule has 1 amide bonds. The van der Waals surface area contributed by atoms with Gasteiger partial charge in [-0.05, 0) is 46.1 Å². The van der Waals surface area contributed by atoms with E-state index in [2.05, 4.69) is 33.4 Å². The van der Waals surface area contributed by atoms with Crippen LogP contribution in [0.25, 0.3) is 0 Å². The average Bonchev–Trinajstić information content (AvgIpc) is 3.22. The van der Waals surface area contributed by atoms with Crippen LogP contribution < -0.4 is 5.32 Å². The monoisotopic (exact) mass is 349 g/mol. The zero-order valence-corrected chi connectivity index (χ0v) is 13.0. The van der Waals surface area contributed by atoms with E-state index in [1.54, 1.807) is 18.2 Å². The van der Waals surface area contributed by atoms with Crippen molar-refractivity contribution in [1.82, 2.24) is 5.32 Å². The Labute approximate surface area is 131 Å². The van der Waals surface area contributed by atoms with E-state index in [4.69, 9.17) is 11.6 Å². The first kappa shape index (κ1) is 13.7. The molecule has 20 heavy (non-hydrogen) atoms. The second-order valence-electron chi connectivity index (χ2n) is 4.96. The van der Waals surface area contributed by atoms with Crippen LogP contribution in [0, 0.1) is 0 Å². The van der Waals surface area contributed by atoms with Gasteiger partial charge in [0.1, 0.15) is 0 Å². The fraction of sp³-hybridized carbons (Fsp3) is 0.188. The van der Waals surface area contributed by atoms with E-state index in [0.29, 0.717) is 16.5 Å². The first-order valence-corrected chi connectivity index (χ1v) is 7.63. The van der Waals surface area contributed by atoms with Crippen LogP contribution in [0.15, 0.2) is 53.0 Å². The molecule has 1 saturated carbocycles. The van der Waals surface area contributed by atoms with E-state index in [1.807, 2.05) is 18.2 Å². The molecule has 0 aromatic heterocycles. The van der Waals surface area contributed by atoms with Crippen LogP contribution in [0.5, 0.6) is 0 Å². The zero-order chi connectivity index (χ0) is 14.1. The summed E-state index contributed by atoms with van der Waals surface area (Å²) in [7, 11) is 0. The van der Waals surface area contributed by atoms with E-state index in [1.165, 1.54) is 5.56 Å². The second kappa shape index (κ2) is 5.58. The van der Waals surface area contributed by atoms with Gasteiger partial charge in [0.2, 0.25) is 0 Å². The van der Waals surface area contributed by atoms with Gasteiger partial charge in [0.05, 0.1) is 5.02 Å². The molecule has 2 atom stereocenters. The highest BCUT2D eigenvalue weighted by Gasteiger charge is 2.39. The Bertz CT molecular complexity index is 644. The van der Waals surface area contributed by atoms with Crippen LogP contribution in [-0.2, 0) is 0 Å². The summed E-state index contributed by atoms with van der Waals surface area (Å²) in [6.45, 7) is 0. The maximum Gasteiger partial charge on any atom is 0.251 e. The van der Waals surface area contributed by atoms with E-state index >= 15 is 0 Å². The van der Waals surface area contributed by atoms with Gasteiger partial charge in [-0.1, -0.05) is 41.9 Å². The SMILES string of the molecule is O=C(NC1CC1c1ccccc1)c1ccc(Cl)c(Br)c1. The lowest BCUT2D eigenvalue weighted by molar-refractivity contribution is 0.0950. The number of halogens is 2. The molecule has 2 unspecified atom stereocenters. The van der Waals surface area contributed by atoms with Gasteiger partial charge in [-0.3, -0.25) is 4.79 Å². The van der Waals surface area contributed by atoms with Gasteiger partial charge in [-0.15, -0.1) is 0 Å². The van der Waals surface area contributed by atoms with Crippen molar-refractivity contribution in [1.29, 1.82) is 0 Å². The van der Waals surface area contributed by atoms with Crippen LogP contribution in [0.1, 0.15) is 28.3 Å². The summed E-state index contributed by atoms with van der Waals surface area (Å²) in [6, 6.07) is 15.7. The number of rotatable bonds is 3. The topological polar surface area (TPSA) is 29.1 Å². The normalized spacial score (nSPS) is 20.5. The zero-order valence-electron chi connectivity index (χ0n) is 10.6. The highest BCUT2D eigenvalue weighted by atomic mass is 79.9. The van der Waals surface area contributed by atoms with Crippen LogP contribution in [0.4, 0.5) is 0 Å². The fourth-order valence-electron chi connectivity index (χ4n) is 2.31. The molecule has 1 aliphatic rings. The van der Waals surface area contributed by atoms with Crippen molar-refractivity contribution in [2.24, 2.45) is 0 Å². The minimum atomic E-state index is -0.0502. The maximum atomic E-state index is 12.2. The lowest BCUT2D eigenvalue weighted by Crippen LogP contribution is -2.26. The van der Waals surface area contributed by atoms with Crippen molar-refractivity contribution in [3.63, 3.8) is 0 Å². The van der Waals surface area contributed by atoms with Gasteiger partial charge in [-0.2, -0.15) is 0 Å². The maximum absolute atomic E-state index is 12.2. The molecule has 0 heterocycles. The lowest BCUT2D eigenvalue weighted by Gasteiger charge is -2.06. The highest BCUT2D eigenvalue weighted by Crippen LogP contribution is 2.40. The van der Waals surface area contributed by atoms with Gasteiger partial charge in [0.15, 0.2) is 0 Å². The molecule has 3 rings (SSSR count). The Kier molecular flexibility index (Phi) is 3.81. The van der Waals surface area contributed by atoms with Crippen molar-refractivity contribution >= 4 is 33.4 Å². The minimum absolute atomic E-state index is 0.0502. The molecule has 1 fully saturated rings. The number of nitrogens with one attached hydrogen (secondary N) is 1. The summed E-state index contributed by atoms with van der Waals surface area (Å²) in [6.07, 6.45) is 1.00. The largest absolute Gasteiger partial charge is 0.349 e. The van der Waals surface area contributed by atoms with Gasteiger partial charge in [0, 0.05) is 22.0 Å². The average molecular weight is 351 g/mol. The molecule has 0 bridgehead atoms. The molecule has 1 aliphatic carbocycles. The van der Waals surface area contributed by atoms with Crippen molar-refractivity contribution in [3.8, 4) is 0 Å². The van der Waals surface area contributed by atoms with Crippen molar-refractivity contribution in [3.05, 3.63) is 69.2 Å². The smallest absolute Gasteiger partial charge is 0.251 e. The number of amides is 1. The van der Waals surface area contributed by atoms with Crippen LogP contribution in [0.3, 0.4) is 0 Å². The summed E-state index contributed by atoms with van der Waals surface area (Å²) in [5.41, 5.74) is 1.91. The number of carbonyl (C=O) groups excluding carboxylic acids is 1. The van der Waals surface area contributed by atoms with E-state index in [0.717, 1.165) is 10.9 Å². The molecule has 102 valence electrons. The summed E-state index contributed by atoms with van der Waals surface area (Å²) < 4.78 is 0.738. The number of carbonyl (C=O) groups is 1. The third kappa shape index (κ3) is 2.89. The van der Waals surface area contributed by atoms with Crippen LogP contribution in [0.2, 0.25) is 5.02 Å². The van der Waals surface area contributed by atoms with Crippen LogP contribution in [-0.4, -0.2) is 11.9 Å². The first-order valence-electron chi connectivity index (χ1n) is 6.46. The molecule has 2 aromatic rings. The highest BCUT2D eigenvalue weighted by molar-refractivity contribution is 9.10. The molecule has 4 heteroatoms. The molecule has 0 aliphatic heterocycles. The minimum Gasteiger partial charge on any atom is -0.349 e. The molecule has 0 radical (unpaired) electrons. The molecule has 0 saturated heterocycles. The van der Waals surface area contributed by atoms with Gasteiger partial charge >= 0.3 is 0 Å². The second-order valence-corrected chi connectivity index (χ2v) is 6.22. The Hall–Kier alpha value is -1.32. The molecular weight excluding hydrogens is 338 g/mol. The molecule has 2 nitrogen and oxygen atoms in total. The quantitative estimate of drug-likeness (QED) is 0.874. The predicted octanol–water partition coefficient (Wildman–Crippen LogP) is 4.39. The summed E-state index contributed by atoms with van der Waals surface area (Å²) >= 11 is 9.26. The van der Waals surface area contributed by atoms with Crippen molar-refractivity contribution < 1.29 is 4.79 Å². The van der Waals surface area contributed by atoms with E-state index in [-0.39, 0.29) is 11.9 Å². The summed E-state index contributed by atoms with van der Waals surface area (Å²) in [4.78, 5) is 12.2. The molecule has 1 N–H and O–H groups in total. The Morgan fingerprint density at radius 3 is 2.65 bits per heavy atom. The molecule has 2 aromatic carbocycles. The van der Waals surface area contributed by atoms with Gasteiger partial charge in [-0.25, -0.2) is 0 Å². The Balaban J connectivity index is 1.65. The van der Waals surface area contributed by atoms with Crippen molar-refractivity contribution in [2.75, 3.05) is 0 Å². The predicted molar refractivity (Wildman–Crippen MR) is 84.2 cm³/mol. The molecular formula is C16H13BrClNO. The third-order valence-electron chi connectivity index (χ3n) is 3.52. The standard InChI is InChI=1S/C16H13BrClNO/c17-13-8-11(6-7-14(13)18)16(20)19-15-9-12(15)10-4-2-1-3-5-10/h1-8,12,15H,9H2,(H,19,20). The number of hydrogen-bond acceptors (Lipinski definition) is 1. The third-order valence-corrected chi connectivity index (χ3v) is 4.73. The van der Waals surface area contributed by atoms with Gasteiger partial charge in [0.25, 0.3) is 5.91 Å². The lowest BCUT2D eigenvalue weighted by atomic mass is 10.1. The Morgan fingerprint density at radius 1 is 1.20 bits per heavy atom. The van der Waals surface area contributed by atoms with Crippen molar-refractivity contribution in [2.45, 2.75) is 18.4 Å². The van der Waals surface area contributed by atoms with Gasteiger partial charge < -0.3 is 5.32 Å². The summed E-state index contributed by atoms with van der Waals surface area (Å²) in [5, 5.41) is 3.67. The fourth-order valence-corrected chi connectivity index (χ4v) is 2.81. The number of benzene rings is 2. The summed E-state index contributed by atoms with van der Waals surface area (Å²) in [5.74, 6) is 0.390. The number of hydrogen-bond donors (Lipinski definition) is 1. The molecule has 0 spiro atoms. The Morgan fingerprint density at radius 2 is 1.95 bits per heavy atom.